The molecule has 0 heterocycles. The van der Waals surface area contributed by atoms with Gasteiger partial charge in [0.15, 0.2) is 0 Å². The summed E-state index contributed by atoms with van der Waals surface area (Å²) in [6.07, 6.45) is 5.60. The normalized spacial score (nSPS) is 10.2. The van der Waals surface area contributed by atoms with Gasteiger partial charge in [0.25, 0.3) is 0 Å². The fourth-order valence-electron chi connectivity index (χ4n) is 2.20. The van der Waals surface area contributed by atoms with Gasteiger partial charge in [0.2, 0.25) is 0 Å². The smallest absolute Gasteiger partial charge is 0.489 e. The highest BCUT2D eigenvalue weighted by Gasteiger charge is 2.15. The average molecular weight is 326 g/mol. The van der Waals surface area contributed by atoms with E-state index in [1.807, 2.05) is 57.2 Å². The van der Waals surface area contributed by atoms with Crippen LogP contribution in [0.5, 0.6) is 5.75 Å². The Bertz CT molecular complexity index is 610. The van der Waals surface area contributed by atoms with E-state index in [1.54, 1.807) is 12.1 Å². The third-order valence-electron chi connectivity index (χ3n) is 3.37. The Kier molecular flexibility index (Phi) is 9.58. The second kappa shape index (κ2) is 11.5. The molecule has 2 aromatic carbocycles. The predicted molar refractivity (Wildman–Crippen MR) is 103 cm³/mol. The molecule has 0 aliphatic heterocycles. The molecule has 0 atom stereocenters. The topological polar surface area (TPSA) is 49.7 Å². The molecule has 24 heavy (non-hydrogen) atoms. The fourth-order valence-corrected chi connectivity index (χ4v) is 2.20. The van der Waals surface area contributed by atoms with Gasteiger partial charge in [-0.1, -0.05) is 69.3 Å². The molecule has 2 aromatic rings. The molecule has 0 saturated heterocycles. The molecule has 0 aromatic heterocycles. The zero-order valence-electron chi connectivity index (χ0n) is 14.8. The van der Waals surface area contributed by atoms with Gasteiger partial charge >= 0.3 is 7.12 Å². The van der Waals surface area contributed by atoms with Crippen molar-refractivity contribution in [2.45, 2.75) is 33.6 Å². The maximum Gasteiger partial charge on any atom is 0.489 e. The van der Waals surface area contributed by atoms with Crippen molar-refractivity contribution < 1.29 is 14.8 Å². The number of benzene rings is 2. The standard InChI is InChI=1S/C18H21BO3.C2H6/c1-2-3-9-16-14-17(10-11-18(16)19(20)21)22-13-12-15-7-5-4-6-8-15;1-2/h3-11,14,20-21H,2,12-13H2,1H3;1-2H3/b9-3+;. The van der Waals surface area contributed by atoms with Crippen LogP contribution in [0.25, 0.3) is 6.08 Å². The van der Waals surface area contributed by atoms with E-state index in [2.05, 4.69) is 12.1 Å². The average Bonchev–Trinajstić information content (AvgIpc) is 2.62. The first-order chi connectivity index (χ1) is 11.7. The van der Waals surface area contributed by atoms with E-state index >= 15 is 0 Å². The van der Waals surface area contributed by atoms with Gasteiger partial charge in [-0.15, -0.1) is 0 Å². The molecule has 0 aliphatic rings. The van der Waals surface area contributed by atoms with E-state index < -0.39 is 7.12 Å². The minimum Gasteiger partial charge on any atom is -0.493 e. The van der Waals surface area contributed by atoms with E-state index in [9.17, 15) is 10.0 Å². The zero-order chi connectivity index (χ0) is 17.8. The van der Waals surface area contributed by atoms with E-state index in [-0.39, 0.29) is 0 Å². The summed E-state index contributed by atoms with van der Waals surface area (Å²) in [5.74, 6) is 0.732. The first-order valence-electron chi connectivity index (χ1n) is 8.54. The van der Waals surface area contributed by atoms with Gasteiger partial charge in [0.05, 0.1) is 6.61 Å². The van der Waals surface area contributed by atoms with Crippen LogP contribution in [0, 0.1) is 0 Å². The van der Waals surface area contributed by atoms with E-state index in [0.717, 1.165) is 24.2 Å². The summed E-state index contributed by atoms with van der Waals surface area (Å²) in [4.78, 5) is 0. The van der Waals surface area contributed by atoms with Crippen LogP contribution in [0.4, 0.5) is 0 Å². The molecule has 2 rings (SSSR count). The molecular formula is C20H27BO3. The Labute approximate surface area is 145 Å². The third-order valence-corrected chi connectivity index (χ3v) is 3.37. The van der Waals surface area contributed by atoms with Gasteiger partial charge in [0.1, 0.15) is 5.75 Å². The fraction of sp³-hybridized carbons (Fsp3) is 0.300. The molecular weight excluding hydrogens is 299 g/mol. The molecule has 128 valence electrons. The highest BCUT2D eigenvalue weighted by atomic mass is 16.5. The van der Waals surface area contributed by atoms with Gasteiger partial charge < -0.3 is 14.8 Å². The Morgan fingerprint density at radius 2 is 1.75 bits per heavy atom. The van der Waals surface area contributed by atoms with Crippen molar-refractivity contribution in [2.24, 2.45) is 0 Å². The Balaban J connectivity index is 0.00000139. The summed E-state index contributed by atoms with van der Waals surface area (Å²) in [6.45, 7) is 6.62. The van der Waals surface area contributed by atoms with Crippen molar-refractivity contribution in [3.8, 4) is 5.75 Å². The van der Waals surface area contributed by atoms with Gasteiger partial charge in [-0.05, 0) is 35.1 Å². The lowest BCUT2D eigenvalue weighted by atomic mass is 9.77. The van der Waals surface area contributed by atoms with Crippen LogP contribution in [0.2, 0.25) is 0 Å². The first-order valence-corrected chi connectivity index (χ1v) is 8.54. The van der Waals surface area contributed by atoms with Crippen LogP contribution >= 0.6 is 0 Å². The molecule has 0 saturated carbocycles. The molecule has 3 nitrogen and oxygen atoms in total. The predicted octanol–water partition coefficient (Wildman–Crippen LogP) is 3.44. The van der Waals surface area contributed by atoms with Crippen molar-refractivity contribution in [3.63, 3.8) is 0 Å². The maximum absolute atomic E-state index is 9.40. The van der Waals surface area contributed by atoms with Crippen molar-refractivity contribution in [1.29, 1.82) is 0 Å². The summed E-state index contributed by atoms with van der Waals surface area (Å²) in [5.41, 5.74) is 2.49. The van der Waals surface area contributed by atoms with Crippen molar-refractivity contribution >= 4 is 18.7 Å². The quantitative estimate of drug-likeness (QED) is 0.767. The molecule has 0 spiro atoms. The van der Waals surface area contributed by atoms with Crippen LogP contribution in [-0.4, -0.2) is 23.8 Å². The SMILES string of the molecule is CC.CC/C=C/c1cc(OCCc2ccccc2)ccc1B(O)O. The van der Waals surface area contributed by atoms with E-state index in [4.69, 9.17) is 4.74 Å². The molecule has 0 unspecified atom stereocenters. The summed E-state index contributed by atoms with van der Waals surface area (Å²) < 4.78 is 5.77. The molecule has 4 heteroatoms. The lowest BCUT2D eigenvalue weighted by molar-refractivity contribution is 0.322. The Morgan fingerprint density at radius 1 is 1.04 bits per heavy atom. The maximum atomic E-state index is 9.40. The van der Waals surface area contributed by atoms with Crippen LogP contribution in [-0.2, 0) is 6.42 Å². The van der Waals surface area contributed by atoms with Crippen LogP contribution in [0.15, 0.2) is 54.6 Å². The first kappa shape index (κ1) is 20.0. The Morgan fingerprint density at radius 3 is 2.38 bits per heavy atom. The van der Waals surface area contributed by atoms with E-state index in [1.165, 1.54) is 5.56 Å². The largest absolute Gasteiger partial charge is 0.493 e. The number of hydrogen-bond donors (Lipinski definition) is 2. The number of allylic oxidation sites excluding steroid dienone is 1. The highest BCUT2D eigenvalue weighted by Crippen LogP contribution is 2.14. The Hall–Kier alpha value is -2.04. The molecule has 0 aliphatic carbocycles. The van der Waals surface area contributed by atoms with Gasteiger partial charge in [0, 0.05) is 6.42 Å². The molecule has 0 amide bonds. The van der Waals surface area contributed by atoms with Gasteiger partial charge in [-0.3, -0.25) is 0 Å². The minimum atomic E-state index is -1.48. The van der Waals surface area contributed by atoms with E-state index in [0.29, 0.717) is 12.1 Å². The summed E-state index contributed by atoms with van der Waals surface area (Å²) >= 11 is 0. The number of ether oxygens (including phenoxy) is 1. The lowest BCUT2D eigenvalue weighted by Crippen LogP contribution is -2.31. The number of rotatable bonds is 7. The molecule has 0 radical (unpaired) electrons. The van der Waals surface area contributed by atoms with Crippen molar-refractivity contribution in [2.75, 3.05) is 6.61 Å². The second-order valence-corrected chi connectivity index (χ2v) is 5.06. The minimum absolute atomic E-state index is 0.486. The van der Waals surface area contributed by atoms with Crippen LogP contribution in [0.3, 0.4) is 0 Å². The second-order valence-electron chi connectivity index (χ2n) is 5.06. The zero-order valence-corrected chi connectivity index (χ0v) is 14.8. The lowest BCUT2D eigenvalue weighted by Gasteiger charge is -2.10. The van der Waals surface area contributed by atoms with Crippen LogP contribution in [0.1, 0.15) is 38.3 Å². The highest BCUT2D eigenvalue weighted by molar-refractivity contribution is 6.59. The summed E-state index contributed by atoms with van der Waals surface area (Å²) in [6, 6.07) is 15.5. The number of hydrogen-bond acceptors (Lipinski definition) is 3. The van der Waals surface area contributed by atoms with Crippen molar-refractivity contribution in [1.82, 2.24) is 0 Å². The van der Waals surface area contributed by atoms with Gasteiger partial charge in [-0.25, -0.2) is 0 Å². The molecule has 2 N–H and O–H groups in total. The molecule has 0 fully saturated rings. The summed E-state index contributed by atoms with van der Waals surface area (Å²) in [7, 11) is -1.48. The van der Waals surface area contributed by atoms with Gasteiger partial charge in [-0.2, -0.15) is 0 Å². The van der Waals surface area contributed by atoms with Crippen molar-refractivity contribution in [3.05, 3.63) is 65.7 Å². The van der Waals surface area contributed by atoms with Crippen LogP contribution < -0.4 is 10.2 Å². The summed E-state index contributed by atoms with van der Waals surface area (Å²) in [5, 5.41) is 18.8. The molecule has 0 bridgehead atoms. The third kappa shape index (κ3) is 6.61. The monoisotopic (exact) mass is 326 g/mol.